The molecule has 1 amide bonds. The van der Waals surface area contributed by atoms with Crippen LogP contribution in [0.15, 0.2) is 42.5 Å². The Kier molecular flexibility index (Phi) is 6.27. The number of anilines is 1. The SMILES string of the molecule is O=C(C[NH+]1CCOCC1)Nc1ccc(Cl)cc1C(=O)c1ccccc1Cl. The first-order valence-corrected chi connectivity index (χ1v) is 9.10. The Morgan fingerprint density at radius 3 is 2.50 bits per heavy atom. The van der Waals surface area contributed by atoms with Gasteiger partial charge < -0.3 is 15.0 Å². The van der Waals surface area contributed by atoms with Crippen molar-refractivity contribution in [1.82, 2.24) is 0 Å². The molecule has 2 aromatic carbocycles. The van der Waals surface area contributed by atoms with Crippen LogP contribution in [0.1, 0.15) is 15.9 Å². The van der Waals surface area contributed by atoms with E-state index in [0.717, 1.165) is 18.0 Å². The Morgan fingerprint density at radius 1 is 1.04 bits per heavy atom. The molecule has 1 fully saturated rings. The molecule has 0 spiro atoms. The van der Waals surface area contributed by atoms with E-state index in [-0.39, 0.29) is 11.7 Å². The van der Waals surface area contributed by atoms with Crippen molar-refractivity contribution in [2.45, 2.75) is 0 Å². The third-order valence-electron chi connectivity index (χ3n) is 4.23. The second kappa shape index (κ2) is 8.64. The molecule has 5 nitrogen and oxygen atoms in total. The van der Waals surface area contributed by atoms with E-state index in [2.05, 4.69) is 5.32 Å². The van der Waals surface area contributed by atoms with Gasteiger partial charge in [0.05, 0.1) is 23.9 Å². The molecule has 1 aliphatic heterocycles. The van der Waals surface area contributed by atoms with Crippen molar-refractivity contribution < 1.29 is 19.2 Å². The Hall–Kier alpha value is -1.92. The van der Waals surface area contributed by atoms with Crippen LogP contribution in [0.3, 0.4) is 0 Å². The number of amides is 1. The third kappa shape index (κ3) is 4.62. The fourth-order valence-electron chi connectivity index (χ4n) is 2.86. The number of halogens is 2. The van der Waals surface area contributed by atoms with E-state index in [1.807, 2.05) is 0 Å². The fourth-order valence-corrected chi connectivity index (χ4v) is 3.26. The van der Waals surface area contributed by atoms with Crippen LogP contribution in [0.5, 0.6) is 0 Å². The van der Waals surface area contributed by atoms with E-state index >= 15 is 0 Å². The molecule has 0 radical (unpaired) electrons. The first kappa shape index (κ1) is 18.9. The molecular formula is C19H19Cl2N2O3+. The maximum Gasteiger partial charge on any atom is 0.279 e. The molecule has 0 bridgehead atoms. The summed E-state index contributed by atoms with van der Waals surface area (Å²) >= 11 is 12.2. The zero-order valence-electron chi connectivity index (χ0n) is 14.1. The van der Waals surface area contributed by atoms with Crippen LogP contribution in [0.4, 0.5) is 5.69 Å². The predicted octanol–water partition coefficient (Wildman–Crippen LogP) is 2.08. The van der Waals surface area contributed by atoms with Crippen LogP contribution in [-0.2, 0) is 9.53 Å². The van der Waals surface area contributed by atoms with Crippen LogP contribution in [0.2, 0.25) is 10.0 Å². The monoisotopic (exact) mass is 393 g/mol. The summed E-state index contributed by atoms with van der Waals surface area (Å²) in [5, 5.41) is 3.60. The fraction of sp³-hybridized carbons (Fsp3) is 0.263. The average Bonchev–Trinajstić information content (AvgIpc) is 2.64. The van der Waals surface area contributed by atoms with E-state index in [1.165, 1.54) is 0 Å². The van der Waals surface area contributed by atoms with Gasteiger partial charge in [0.2, 0.25) is 0 Å². The Balaban J connectivity index is 1.80. The Bertz CT molecular complexity index is 820. The summed E-state index contributed by atoms with van der Waals surface area (Å²) in [6.07, 6.45) is 0. The molecule has 2 aromatic rings. The van der Waals surface area contributed by atoms with Crippen molar-refractivity contribution in [1.29, 1.82) is 0 Å². The number of hydrogen-bond acceptors (Lipinski definition) is 3. The summed E-state index contributed by atoms with van der Waals surface area (Å²) in [7, 11) is 0. The van der Waals surface area contributed by atoms with Gasteiger partial charge in [-0.05, 0) is 30.3 Å². The number of benzene rings is 2. The predicted molar refractivity (Wildman–Crippen MR) is 101 cm³/mol. The van der Waals surface area contributed by atoms with Crippen molar-refractivity contribution in [3.05, 3.63) is 63.6 Å². The van der Waals surface area contributed by atoms with Crippen LogP contribution in [-0.4, -0.2) is 44.5 Å². The smallest absolute Gasteiger partial charge is 0.279 e. The first-order valence-electron chi connectivity index (χ1n) is 8.34. The molecule has 1 aliphatic rings. The summed E-state index contributed by atoms with van der Waals surface area (Å²) in [4.78, 5) is 26.5. The van der Waals surface area contributed by atoms with Crippen molar-refractivity contribution >= 4 is 40.6 Å². The van der Waals surface area contributed by atoms with E-state index in [9.17, 15) is 9.59 Å². The highest BCUT2D eigenvalue weighted by molar-refractivity contribution is 6.36. The zero-order chi connectivity index (χ0) is 18.5. The van der Waals surface area contributed by atoms with Crippen molar-refractivity contribution in [3.63, 3.8) is 0 Å². The maximum absolute atomic E-state index is 12.9. The summed E-state index contributed by atoms with van der Waals surface area (Å²) in [6.45, 7) is 3.21. The molecule has 0 aliphatic carbocycles. The third-order valence-corrected chi connectivity index (χ3v) is 4.79. The van der Waals surface area contributed by atoms with Gasteiger partial charge in [-0.25, -0.2) is 0 Å². The van der Waals surface area contributed by atoms with Gasteiger partial charge in [0.15, 0.2) is 12.3 Å². The number of nitrogens with one attached hydrogen (secondary N) is 2. The van der Waals surface area contributed by atoms with Gasteiger partial charge in [-0.1, -0.05) is 35.3 Å². The topological polar surface area (TPSA) is 59.8 Å². The van der Waals surface area contributed by atoms with Gasteiger partial charge in [0.1, 0.15) is 13.1 Å². The van der Waals surface area contributed by atoms with Gasteiger partial charge in [-0.15, -0.1) is 0 Å². The van der Waals surface area contributed by atoms with Gasteiger partial charge >= 0.3 is 0 Å². The minimum absolute atomic E-state index is 0.155. The molecule has 0 saturated carbocycles. The molecule has 7 heteroatoms. The first-order chi connectivity index (χ1) is 12.5. The van der Waals surface area contributed by atoms with Crippen LogP contribution >= 0.6 is 23.2 Å². The molecule has 0 atom stereocenters. The molecule has 1 saturated heterocycles. The second-order valence-corrected chi connectivity index (χ2v) is 6.93. The average molecular weight is 394 g/mol. The van der Waals surface area contributed by atoms with Gasteiger partial charge in [-0.2, -0.15) is 0 Å². The lowest BCUT2D eigenvalue weighted by atomic mass is 10.0. The highest BCUT2D eigenvalue weighted by Gasteiger charge is 2.21. The minimum atomic E-state index is -0.285. The maximum atomic E-state index is 12.9. The zero-order valence-corrected chi connectivity index (χ0v) is 15.6. The summed E-state index contributed by atoms with van der Waals surface area (Å²) in [5.41, 5.74) is 1.11. The van der Waals surface area contributed by atoms with Gasteiger partial charge in [0, 0.05) is 16.1 Å². The lowest BCUT2D eigenvalue weighted by molar-refractivity contribution is -0.899. The number of carbonyl (C=O) groups is 2. The van der Waals surface area contributed by atoms with Crippen LogP contribution in [0.25, 0.3) is 0 Å². The number of hydrogen-bond donors (Lipinski definition) is 2. The van der Waals surface area contributed by atoms with Gasteiger partial charge in [-0.3, -0.25) is 9.59 Å². The normalized spacial score (nSPS) is 14.8. The molecule has 0 unspecified atom stereocenters. The molecule has 136 valence electrons. The van der Waals surface area contributed by atoms with Crippen molar-refractivity contribution in [3.8, 4) is 0 Å². The summed E-state index contributed by atoms with van der Waals surface area (Å²) in [6, 6.07) is 11.6. The molecule has 1 heterocycles. The highest BCUT2D eigenvalue weighted by Crippen LogP contribution is 2.26. The summed E-state index contributed by atoms with van der Waals surface area (Å²) in [5.74, 6) is -0.440. The largest absolute Gasteiger partial charge is 0.370 e. The van der Waals surface area contributed by atoms with E-state index in [4.69, 9.17) is 27.9 Å². The number of morpholine rings is 1. The molecule has 2 N–H and O–H groups in total. The van der Waals surface area contributed by atoms with Crippen molar-refractivity contribution in [2.24, 2.45) is 0 Å². The highest BCUT2D eigenvalue weighted by atomic mass is 35.5. The Morgan fingerprint density at radius 2 is 1.77 bits per heavy atom. The second-order valence-electron chi connectivity index (χ2n) is 6.09. The van der Waals surface area contributed by atoms with Crippen LogP contribution < -0.4 is 10.2 Å². The standard InChI is InChI=1S/C19H18Cl2N2O3/c20-13-5-6-17(22-18(24)12-23-7-9-26-10-8-23)15(11-13)19(25)14-3-1-2-4-16(14)21/h1-6,11H,7-10,12H2,(H,22,24)/p+1. The Labute approximate surface area is 161 Å². The lowest BCUT2D eigenvalue weighted by Gasteiger charge is -2.23. The molecular weight excluding hydrogens is 375 g/mol. The number of ketones is 1. The van der Waals surface area contributed by atoms with E-state index in [0.29, 0.717) is 46.6 Å². The molecule has 3 rings (SSSR count). The van der Waals surface area contributed by atoms with E-state index < -0.39 is 0 Å². The molecule has 26 heavy (non-hydrogen) atoms. The number of carbonyl (C=O) groups excluding carboxylic acids is 2. The quantitative estimate of drug-likeness (QED) is 0.764. The minimum Gasteiger partial charge on any atom is -0.370 e. The van der Waals surface area contributed by atoms with Crippen molar-refractivity contribution in [2.75, 3.05) is 38.2 Å². The van der Waals surface area contributed by atoms with Crippen LogP contribution in [0, 0.1) is 0 Å². The number of ether oxygens (including phenoxy) is 1. The molecule has 0 aromatic heterocycles. The van der Waals surface area contributed by atoms with E-state index in [1.54, 1.807) is 42.5 Å². The number of quaternary nitrogens is 1. The van der Waals surface area contributed by atoms with Gasteiger partial charge in [0.25, 0.3) is 5.91 Å². The number of rotatable bonds is 5. The lowest BCUT2D eigenvalue weighted by Crippen LogP contribution is -3.15. The summed E-state index contributed by atoms with van der Waals surface area (Å²) < 4.78 is 5.30.